The van der Waals surface area contributed by atoms with Gasteiger partial charge in [0.25, 0.3) is 0 Å². The summed E-state index contributed by atoms with van der Waals surface area (Å²) in [5, 5.41) is 1.01. The minimum Gasteiger partial charge on any atom is -0.441 e. The molecule has 2 aromatic carbocycles. The van der Waals surface area contributed by atoms with Crippen molar-refractivity contribution in [2.75, 3.05) is 0 Å². The first-order valence-electron chi connectivity index (χ1n) is 8.75. The molecule has 0 aliphatic heterocycles. The highest BCUT2D eigenvalue weighted by molar-refractivity contribution is 6.35. The van der Waals surface area contributed by atoms with Crippen LogP contribution in [0.2, 0.25) is 5.02 Å². The molecule has 0 aliphatic rings. The van der Waals surface area contributed by atoms with Crippen LogP contribution < -0.4 is 5.43 Å². The van der Waals surface area contributed by atoms with Crippen molar-refractivity contribution in [3.63, 3.8) is 0 Å². The van der Waals surface area contributed by atoms with Gasteiger partial charge in [-0.1, -0.05) is 41.9 Å². The summed E-state index contributed by atoms with van der Waals surface area (Å²) in [4.78, 5) is 24.5. The standard InChI is InChI=1S/C22H14ClN3O2/c1-12-25-21-17(23)9-14(10-19(21)28-12)15-11-16-18(27)7-8-24-22(16)26-20(15)13-5-3-2-4-6-13/h2-11H,1H3,(H,24,26,27). The number of aromatic nitrogens is 3. The van der Waals surface area contributed by atoms with Crippen molar-refractivity contribution in [2.24, 2.45) is 0 Å². The van der Waals surface area contributed by atoms with E-state index < -0.39 is 0 Å². The number of benzene rings is 2. The summed E-state index contributed by atoms with van der Waals surface area (Å²) >= 11 is 6.46. The topological polar surface area (TPSA) is 71.8 Å². The fourth-order valence-corrected chi connectivity index (χ4v) is 3.64. The van der Waals surface area contributed by atoms with Crippen molar-refractivity contribution >= 4 is 33.7 Å². The molecule has 1 N–H and O–H groups in total. The number of pyridine rings is 2. The van der Waals surface area contributed by atoms with E-state index in [0.717, 1.165) is 22.4 Å². The van der Waals surface area contributed by atoms with E-state index >= 15 is 0 Å². The molecule has 0 unspecified atom stereocenters. The molecule has 0 amide bonds. The molecule has 3 heterocycles. The normalized spacial score (nSPS) is 11.4. The predicted molar refractivity (Wildman–Crippen MR) is 111 cm³/mol. The summed E-state index contributed by atoms with van der Waals surface area (Å²) in [7, 11) is 0. The van der Waals surface area contributed by atoms with Crippen molar-refractivity contribution in [3.05, 3.63) is 81.9 Å². The lowest BCUT2D eigenvalue weighted by Gasteiger charge is -2.11. The molecular formula is C22H14ClN3O2. The largest absolute Gasteiger partial charge is 0.441 e. The minimum absolute atomic E-state index is 0.0928. The second-order valence-electron chi connectivity index (χ2n) is 6.53. The molecule has 0 saturated heterocycles. The lowest BCUT2D eigenvalue weighted by atomic mass is 9.98. The van der Waals surface area contributed by atoms with Gasteiger partial charge in [0.2, 0.25) is 0 Å². The monoisotopic (exact) mass is 387 g/mol. The highest BCUT2D eigenvalue weighted by atomic mass is 35.5. The van der Waals surface area contributed by atoms with E-state index in [-0.39, 0.29) is 5.43 Å². The lowest BCUT2D eigenvalue weighted by Crippen LogP contribution is -2.03. The zero-order valence-corrected chi connectivity index (χ0v) is 15.6. The second-order valence-corrected chi connectivity index (χ2v) is 6.93. The Morgan fingerprint density at radius 2 is 1.82 bits per heavy atom. The van der Waals surface area contributed by atoms with Crippen LogP contribution in [0.3, 0.4) is 0 Å². The van der Waals surface area contributed by atoms with Gasteiger partial charge < -0.3 is 9.40 Å². The molecule has 0 saturated carbocycles. The quantitative estimate of drug-likeness (QED) is 0.442. The number of nitrogens with one attached hydrogen (secondary N) is 1. The number of oxazole rings is 1. The van der Waals surface area contributed by atoms with Crippen LogP contribution in [0.1, 0.15) is 5.89 Å². The maximum atomic E-state index is 12.4. The molecule has 0 radical (unpaired) electrons. The number of hydrogen-bond donors (Lipinski definition) is 1. The first-order chi connectivity index (χ1) is 13.6. The number of aryl methyl sites for hydroxylation is 1. The van der Waals surface area contributed by atoms with Gasteiger partial charge in [-0.05, 0) is 23.8 Å². The van der Waals surface area contributed by atoms with Crippen LogP contribution in [-0.2, 0) is 0 Å². The highest BCUT2D eigenvalue weighted by Crippen LogP contribution is 2.36. The summed E-state index contributed by atoms with van der Waals surface area (Å²) in [6, 6.07) is 16.9. The molecule has 0 aliphatic carbocycles. The van der Waals surface area contributed by atoms with Gasteiger partial charge in [-0.15, -0.1) is 0 Å². The van der Waals surface area contributed by atoms with Gasteiger partial charge in [0.15, 0.2) is 16.9 Å². The Bertz CT molecular complexity index is 1400. The van der Waals surface area contributed by atoms with Crippen LogP contribution in [-0.4, -0.2) is 15.0 Å². The number of aromatic amines is 1. The Balaban J connectivity index is 1.87. The highest BCUT2D eigenvalue weighted by Gasteiger charge is 2.16. The molecule has 6 heteroatoms. The zero-order valence-electron chi connectivity index (χ0n) is 14.9. The van der Waals surface area contributed by atoms with Crippen molar-refractivity contribution < 1.29 is 4.42 Å². The van der Waals surface area contributed by atoms with Gasteiger partial charge in [0.1, 0.15) is 11.2 Å². The maximum Gasteiger partial charge on any atom is 0.192 e. The smallest absolute Gasteiger partial charge is 0.192 e. The Labute approximate surface area is 164 Å². The van der Waals surface area contributed by atoms with Crippen LogP contribution >= 0.6 is 11.6 Å². The number of hydrogen-bond acceptors (Lipinski definition) is 4. The molecule has 5 nitrogen and oxygen atoms in total. The van der Waals surface area contributed by atoms with Gasteiger partial charge in [0.05, 0.1) is 16.1 Å². The second kappa shape index (κ2) is 6.32. The first kappa shape index (κ1) is 16.7. The number of rotatable bonds is 2. The Morgan fingerprint density at radius 1 is 1.00 bits per heavy atom. The molecule has 3 aromatic heterocycles. The van der Waals surface area contributed by atoms with E-state index in [1.165, 1.54) is 6.07 Å². The number of halogens is 1. The third kappa shape index (κ3) is 2.68. The van der Waals surface area contributed by atoms with E-state index in [4.69, 9.17) is 21.0 Å². The SMILES string of the molecule is Cc1nc2c(Cl)cc(-c3cc4c(=O)cc[nH]c4nc3-c3ccccc3)cc2o1. The fourth-order valence-electron chi connectivity index (χ4n) is 3.39. The molecule has 5 aromatic rings. The van der Waals surface area contributed by atoms with Gasteiger partial charge in [-0.25, -0.2) is 9.97 Å². The summed E-state index contributed by atoms with van der Waals surface area (Å²) in [5.41, 5.74) is 4.97. The van der Waals surface area contributed by atoms with Crippen molar-refractivity contribution in [2.45, 2.75) is 6.92 Å². The maximum absolute atomic E-state index is 12.4. The summed E-state index contributed by atoms with van der Waals surface area (Å²) in [5.74, 6) is 0.547. The van der Waals surface area contributed by atoms with E-state index in [0.29, 0.717) is 33.0 Å². The number of H-pyrrole nitrogens is 1. The summed E-state index contributed by atoms with van der Waals surface area (Å²) in [6.45, 7) is 1.78. The van der Waals surface area contributed by atoms with Crippen molar-refractivity contribution in [1.29, 1.82) is 0 Å². The van der Waals surface area contributed by atoms with Crippen LogP contribution in [0.25, 0.3) is 44.5 Å². The van der Waals surface area contributed by atoms with Crippen LogP contribution in [0.4, 0.5) is 0 Å². The van der Waals surface area contributed by atoms with Gasteiger partial charge in [-0.3, -0.25) is 4.79 Å². The van der Waals surface area contributed by atoms with Crippen LogP contribution in [0.5, 0.6) is 0 Å². The van der Waals surface area contributed by atoms with Crippen molar-refractivity contribution in [1.82, 2.24) is 15.0 Å². The zero-order chi connectivity index (χ0) is 19.3. The molecular weight excluding hydrogens is 374 g/mol. The molecule has 0 spiro atoms. The average molecular weight is 388 g/mol. The number of nitrogens with zero attached hydrogens (tertiary/aromatic N) is 2. The first-order valence-corrected chi connectivity index (χ1v) is 9.13. The lowest BCUT2D eigenvalue weighted by molar-refractivity contribution is 0.561. The Hall–Kier alpha value is -3.44. The molecule has 136 valence electrons. The van der Waals surface area contributed by atoms with Gasteiger partial charge >= 0.3 is 0 Å². The van der Waals surface area contributed by atoms with Gasteiger partial charge in [-0.2, -0.15) is 0 Å². The fraction of sp³-hybridized carbons (Fsp3) is 0.0455. The molecule has 0 fully saturated rings. The Kier molecular flexibility index (Phi) is 3.77. The van der Waals surface area contributed by atoms with E-state index in [2.05, 4.69) is 9.97 Å². The van der Waals surface area contributed by atoms with E-state index in [1.54, 1.807) is 13.1 Å². The molecule has 28 heavy (non-hydrogen) atoms. The number of fused-ring (bicyclic) bond motifs is 2. The predicted octanol–water partition coefficient (Wildman–Crippen LogP) is 5.36. The molecule has 0 bridgehead atoms. The van der Waals surface area contributed by atoms with E-state index in [9.17, 15) is 4.79 Å². The van der Waals surface area contributed by atoms with Gasteiger partial charge in [0, 0.05) is 30.3 Å². The summed E-state index contributed by atoms with van der Waals surface area (Å²) < 4.78 is 5.68. The van der Waals surface area contributed by atoms with Crippen molar-refractivity contribution in [3.8, 4) is 22.4 Å². The molecule has 0 atom stereocenters. The molecule has 5 rings (SSSR count). The average Bonchev–Trinajstić information content (AvgIpc) is 3.09. The third-order valence-electron chi connectivity index (χ3n) is 4.66. The van der Waals surface area contributed by atoms with Crippen LogP contribution in [0.15, 0.2) is 70.0 Å². The third-order valence-corrected chi connectivity index (χ3v) is 4.94. The minimum atomic E-state index is -0.0928. The summed E-state index contributed by atoms with van der Waals surface area (Å²) in [6.07, 6.45) is 1.60. The Morgan fingerprint density at radius 3 is 2.64 bits per heavy atom. The van der Waals surface area contributed by atoms with Crippen LogP contribution in [0, 0.1) is 6.92 Å². The van der Waals surface area contributed by atoms with E-state index in [1.807, 2.05) is 48.5 Å².